The van der Waals surface area contributed by atoms with Gasteiger partial charge in [-0.1, -0.05) is 11.6 Å². The van der Waals surface area contributed by atoms with E-state index >= 15 is 0 Å². The average Bonchev–Trinajstić information content (AvgIpc) is 2.05. The Hall–Kier alpha value is 0.01000. The Morgan fingerprint density at radius 3 is 2.40 bits per heavy atom. The molecule has 0 aromatic heterocycles. The second-order valence-corrected chi connectivity index (χ2v) is 9.84. The van der Waals surface area contributed by atoms with Crippen LogP contribution in [0.15, 0.2) is 22.9 Å². The van der Waals surface area contributed by atoms with Gasteiger partial charge in [-0.25, -0.2) is 4.74 Å². The van der Waals surface area contributed by atoms with E-state index in [1.165, 1.54) is 12.1 Å². The zero-order chi connectivity index (χ0) is 11.6. The van der Waals surface area contributed by atoms with Crippen LogP contribution in [0.5, 0.6) is 0 Å². The summed E-state index contributed by atoms with van der Waals surface area (Å²) in [6, 6.07) is 3.93. The minimum absolute atomic E-state index is 0.0118. The fourth-order valence-corrected chi connectivity index (χ4v) is 2.16. The molecule has 0 atom stereocenters. The molecule has 0 heterocycles. The van der Waals surface area contributed by atoms with Gasteiger partial charge in [0.2, 0.25) is 5.11 Å². The van der Waals surface area contributed by atoms with Gasteiger partial charge >= 0.3 is 0 Å². The van der Waals surface area contributed by atoms with E-state index in [9.17, 15) is 10.1 Å². The molecule has 0 aliphatic carbocycles. The number of nitrogens with zero attached hydrogens (tertiary/aromatic N) is 2. The summed E-state index contributed by atoms with van der Waals surface area (Å²) >= 11 is 22.1. The maximum Gasteiger partial charge on any atom is 0.296 e. The van der Waals surface area contributed by atoms with Crippen LogP contribution in [0.1, 0.15) is 0 Å². The van der Waals surface area contributed by atoms with Crippen molar-refractivity contribution in [2.45, 2.75) is 0 Å². The lowest BCUT2D eigenvalue weighted by atomic mass is 10.3. The van der Waals surface area contributed by atoms with Crippen molar-refractivity contribution in [3.05, 3.63) is 33.3 Å². The maximum atomic E-state index is 10.6. The van der Waals surface area contributed by atoms with Crippen LogP contribution in [-0.2, 0) is 0 Å². The summed E-state index contributed by atoms with van der Waals surface area (Å²) in [4.78, 5) is 10.00. The molecule has 4 nitrogen and oxygen atoms in total. The number of hydrogen-bond acceptors (Lipinski definition) is 3. The zero-order valence-corrected chi connectivity index (χ0v) is 10.8. The highest BCUT2D eigenvalue weighted by molar-refractivity contribution is 8.26. The van der Waals surface area contributed by atoms with E-state index in [0.29, 0.717) is 0 Å². The molecule has 82 valence electrons. The Morgan fingerprint density at radius 2 is 1.93 bits per heavy atom. The molecular weight excluding hydrogens is 305 g/mol. The number of nitro benzene ring substituents is 1. The highest BCUT2D eigenvalue weighted by Gasteiger charge is 2.16. The van der Waals surface area contributed by atoms with Gasteiger partial charge in [-0.05, 0) is 45.9 Å². The first-order chi connectivity index (χ1) is 6.79. The maximum absolute atomic E-state index is 10.6. The summed E-state index contributed by atoms with van der Waals surface area (Å²) in [6.45, 7) is 0. The van der Waals surface area contributed by atoms with Crippen LogP contribution in [-0.4, -0.2) is 4.92 Å². The molecule has 1 aromatic rings. The lowest BCUT2D eigenvalue weighted by Crippen LogP contribution is -1.87. The van der Waals surface area contributed by atoms with Crippen LogP contribution < -0.4 is 0 Å². The average molecular weight is 308 g/mol. The third-order valence-corrected chi connectivity index (χ3v) is 2.71. The Kier molecular flexibility index (Phi) is 4.27. The van der Waals surface area contributed by atoms with E-state index in [2.05, 4.69) is 4.74 Å². The minimum atomic E-state index is -3.03. The number of halogens is 4. The van der Waals surface area contributed by atoms with Gasteiger partial charge in [-0.2, -0.15) is 0 Å². The molecule has 15 heavy (non-hydrogen) atoms. The van der Waals surface area contributed by atoms with Crippen LogP contribution in [0.2, 0.25) is 5.02 Å². The Balaban J connectivity index is 3.37. The summed E-state index contributed by atoms with van der Waals surface area (Å²) in [6.07, 6.45) is 0. The molecule has 0 aliphatic heterocycles. The van der Waals surface area contributed by atoms with Crippen molar-refractivity contribution in [2.75, 3.05) is 0 Å². The summed E-state index contributed by atoms with van der Waals surface area (Å²) in [5.41, 5.74) is -0.272. The van der Waals surface area contributed by atoms with Gasteiger partial charge in [0.1, 0.15) is 5.69 Å². The van der Waals surface area contributed by atoms with Crippen LogP contribution >= 0.6 is 50.4 Å². The molecule has 0 amide bonds. The zero-order valence-electron chi connectivity index (χ0n) is 6.90. The molecule has 0 spiro atoms. The van der Waals surface area contributed by atoms with Crippen molar-refractivity contribution in [2.24, 2.45) is 4.74 Å². The highest BCUT2D eigenvalue weighted by atomic mass is 36.0. The van der Waals surface area contributed by atoms with Crippen molar-refractivity contribution in [3.8, 4) is 0 Å². The van der Waals surface area contributed by atoms with Crippen molar-refractivity contribution in [1.29, 1.82) is 0 Å². The SMILES string of the molecule is O=[N+]([O-])c1cc(Cl)ccc1N=P(Cl)(Cl)Cl. The molecule has 0 saturated carbocycles. The van der Waals surface area contributed by atoms with Gasteiger partial charge in [0.15, 0.2) is 0 Å². The number of rotatable bonds is 2. The molecule has 9 heteroatoms. The third-order valence-electron chi connectivity index (χ3n) is 1.36. The van der Waals surface area contributed by atoms with Crippen LogP contribution in [0, 0.1) is 10.1 Å². The lowest BCUT2D eigenvalue weighted by molar-refractivity contribution is -0.384. The molecule has 0 aliphatic rings. The monoisotopic (exact) mass is 306 g/mol. The predicted molar refractivity (Wildman–Crippen MR) is 64.7 cm³/mol. The van der Waals surface area contributed by atoms with Crippen molar-refractivity contribution >= 4 is 61.8 Å². The third kappa shape index (κ3) is 4.17. The summed E-state index contributed by atoms with van der Waals surface area (Å²) in [7, 11) is 0. The fraction of sp³-hybridized carbons (Fsp3) is 0. The number of benzene rings is 1. The topological polar surface area (TPSA) is 55.5 Å². The molecule has 0 N–H and O–H groups in total. The number of nitro groups is 1. The predicted octanol–water partition coefficient (Wildman–Crippen LogP) is 5.54. The van der Waals surface area contributed by atoms with E-state index in [0.717, 1.165) is 6.07 Å². The summed E-state index contributed by atoms with van der Waals surface area (Å²) < 4.78 is 3.66. The Labute approximate surface area is 105 Å². The van der Waals surface area contributed by atoms with Crippen molar-refractivity contribution in [3.63, 3.8) is 0 Å². The quantitative estimate of drug-likeness (QED) is 0.409. The Morgan fingerprint density at radius 1 is 1.33 bits per heavy atom. The van der Waals surface area contributed by atoms with Gasteiger partial charge in [0.25, 0.3) is 5.69 Å². The molecule has 0 bridgehead atoms. The second kappa shape index (κ2) is 4.89. The molecule has 0 radical (unpaired) electrons. The van der Waals surface area contributed by atoms with Crippen molar-refractivity contribution < 1.29 is 4.92 Å². The van der Waals surface area contributed by atoms with Gasteiger partial charge in [0, 0.05) is 11.1 Å². The molecule has 0 saturated heterocycles. The molecule has 0 unspecified atom stereocenters. The van der Waals surface area contributed by atoms with Crippen LogP contribution in [0.3, 0.4) is 0 Å². The van der Waals surface area contributed by atoms with Gasteiger partial charge in [-0.15, -0.1) is 0 Å². The van der Waals surface area contributed by atoms with Crippen molar-refractivity contribution in [1.82, 2.24) is 0 Å². The molecule has 1 aromatic carbocycles. The highest BCUT2D eigenvalue weighted by Crippen LogP contribution is 2.67. The standard InChI is InChI=1S/C6H3Cl4N2O2P/c7-4-1-2-5(11-15(8,9)10)6(3-4)12(13)14/h1-3H. The second-order valence-electron chi connectivity index (χ2n) is 2.41. The van der Waals surface area contributed by atoms with Gasteiger partial charge in [-0.3, -0.25) is 10.1 Å². The summed E-state index contributed by atoms with van der Waals surface area (Å²) in [5.74, 6) is 0. The molecule has 1 rings (SSSR count). The van der Waals surface area contributed by atoms with E-state index < -0.39 is 10.0 Å². The van der Waals surface area contributed by atoms with Crippen LogP contribution in [0.4, 0.5) is 11.4 Å². The van der Waals surface area contributed by atoms with E-state index in [1.54, 1.807) is 0 Å². The fourth-order valence-electron chi connectivity index (χ4n) is 0.850. The van der Waals surface area contributed by atoms with E-state index in [-0.39, 0.29) is 16.4 Å². The molecular formula is C6H3Cl4N2O2P. The van der Waals surface area contributed by atoms with Gasteiger partial charge < -0.3 is 0 Å². The first kappa shape index (κ1) is 13.1. The van der Waals surface area contributed by atoms with E-state index in [1.807, 2.05) is 0 Å². The first-order valence-corrected chi connectivity index (χ1v) is 8.28. The normalized spacial score (nSPS) is 11.2. The van der Waals surface area contributed by atoms with Gasteiger partial charge in [0.05, 0.1) is 4.92 Å². The smallest absolute Gasteiger partial charge is 0.258 e. The first-order valence-electron chi connectivity index (χ1n) is 3.45. The van der Waals surface area contributed by atoms with E-state index in [4.69, 9.17) is 45.3 Å². The molecule has 0 fully saturated rings. The van der Waals surface area contributed by atoms with Crippen LogP contribution in [0.25, 0.3) is 0 Å². The summed E-state index contributed by atoms with van der Waals surface area (Å²) in [5, 5.41) is 7.83. The Bertz CT molecular complexity index is 450. The lowest BCUT2D eigenvalue weighted by Gasteiger charge is -2.00. The largest absolute Gasteiger partial charge is 0.296 e. The minimum Gasteiger partial charge on any atom is -0.258 e. The number of hydrogen-bond donors (Lipinski definition) is 0.